The summed E-state index contributed by atoms with van der Waals surface area (Å²) in [5.41, 5.74) is 2.79. The van der Waals surface area contributed by atoms with Gasteiger partial charge in [-0.1, -0.05) is 18.7 Å². The molecule has 2 aromatic carbocycles. The molecule has 190 valence electrons. The number of carbonyl (C=O) groups excluding carboxylic acids is 2. The van der Waals surface area contributed by atoms with Gasteiger partial charge in [-0.2, -0.15) is 0 Å². The molecule has 1 aromatic heterocycles. The molecule has 0 amide bonds. The molecule has 1 N–H and O–H groups in total. The number of benzene rings is 2. The zero-order valence-corrected chi connectivity index (χ0v) is 20.6. The molecule has 0 spiro atoms. The van der Waals surface area contributed by atoms with Crippen molar-refractivity contribution in [1.29, 1.82) is 0 Å². The number of hydrogen-bond acceptors (Lipinski definition) is 7. The summed E-state index contributed by atoms with van der Waals surface area (Å²) in [5.74, 6) is 0.219. The van der Waals surface area contributed by atoms with Gasteiger partial charge >= 0.3 is 11.9 Å². The zero-order valence-electron chi connectivity index (χ0n) is 20.6. The first-order chi connectivity index (χ1) is 18.0. The van der Waals surface area contributed by atoms with E-state index in [-0.39, 0.29) is 12.6 Å². The fraction of sp³-hybridized carbons (Fsp3) is 0.300. The molecule has 3 aromatic rings. The minimum Gasteiger partial charge on any atom is -0.452 e. The first kappa shape index (κ1) is 24.9. The van der Waals surface area contributed by atoms with Crippen LogP contribution in [0.1, 0.15) is 40.4 Å². The van der Waals surface area contributed by atoms with Crippen molar-refractivity contribution in [3.63, 3.8) is 0 Å². The number of pyridine rings is 1. The number of aromatic nitrogens is 1. The van der Waals surface area contributed by atoms with Gasteiger partial charge in [-0.3, -0.25) is 9.88 Å². The summed E-state index contributed by atoms with van der Waals surface area (Å²) < 4.78 is 11.4. The van der Waals surface area contributed by atoms with Crippen LogP contribution in [-0.2, 0) is 16.1 Å². The first-order valence-electron chi connectivity index (χ1n) is 12.5. The lowest BCUT2D eigenvalue weighted by atomic mass is 9.73. The number of piperidine rings is 3. The highest BCUT2D eigenvalue weighted by atomic mass is 16.5. The number of aliphatic hydroxyl groups excluding tert-OH is 1. The number of aliphatic hydroxyl groups is 1. The smallest absolute Gasteiger partial charge is 0.338 e. The molecular weight excluding hydrogens is 468 g/mol. The Balaban J connectivity index is 1.49. The van der Waals surface area contributed by atoms with Crippen molar-refractivity contribution in [2.24, 2.45) is 11.8 Å². The van der Waals surface area contributed by atoms with Crippen LogP contribution in [0.2, 0.25) is 0 Å². The van der Waals surface area contributed by atoms with Crippen LogP contribution < -0.4 is 4.74 Å². The molecule has 3 fully saturated rings. The molecular formula is C30H30N2O5. The van der Waals surface area contributed by atoms with Crippen molar-refractivity contribution < 1.29 is 24.2 Å². The maximum Gasteiger partial charge on any atom is 0.338 e. The van der Waals surface area contributed by atoms with Gasteiger partial charge in [0.05, 0.1) is 23.7 Å². The highest BCUT2D eigenvalue weighted by Gasteiger charge is 2.44. The number of ether oxygens (including phenoxy) is 2. The lowest BCUT2D eigenvalue weighted by Gasteiger charge is -2.51. The molecule has 6 rings (SSSR count). The van der Waals surface area contributed by atoms with Crippen LogP contribution in [0.4, 0.5) is 0 Å². The Morgan fingerprint density at radius 3 is 2.65 bits per heavy atom. The second kappa shape index (κ2) is 10.7. The fourth-order valence-electron chi connectivity index (χ4n) is 5.60. The second-order valence-corrected chi connectivity index (χ2v) is 9.63. The highest BCUT2D eigenvalue weighted by molar-refractivity contribution is 5.90. The average Bonchev–Trinajstić information content (AvgIpc) is 2.95. The molecule has 7 nitrogen and oxygen atoms in total. The molecule has 2 bridgehead atoms. The van der Waals surface area contributed by atoms with E-state index in [1.54, 1.807) is 30.5 Å². The van der Waals surface area contributed by atoms with Crippen LogP contribution in [0.15, 0.2) is 80.0 Å². The van der Waals surface area contributed by atoms with E-state index in [0.29, 0.717) is 23.1 Å². The van der Waals surface area contributed by atoms with Crippen molar-refractivity contribution >= 4 is 22.8 Å². The van der Waals surface area contributed by atoms with Crippen LogP contribution in [0.25, 0.3) is 10.9 Å². The molecule has 0 aliphatic carbocycles. The Morgan fingerprint density at radius 2 is 1.97 bits per heavy atom. The SMILES string of the molecule is C=CC(=O)Oc1ccc(C(=O)OC(c2ccnc3ccc(CO)cc23)[C@@H]2CC3CCN2C[C@@H]3C=C)cc1. The van der Waals surface area contributed by atoms with Crippen LogP contribution in [0, 0.1) is 11.8 Å². The summed E-state index contributed by atoms with van der Waals surface area (Å²) in [6.45, 7) is 9.17. The van der Waals surface area contributed by atoms with E-state index in [1.165, 1.54) is 0 Å². The Bertz CT molecular complexity index is 1340. The third-order valence-corrected chi connectivity index (χ3v) is 7.54. The van der Waals surface area contributed by atoms with Gasteiger partial charge in [0, 0.05) is 29.8 Å². The summed E-state index contributed by atoms with van der Waals surface area (Å²) in [6, 6.07) is 13.9. The third-order valence-electron chi connectivity index (χ3n) is 7.54. The molecule has 5 atom stereocenters. The van der Waals surface area contributed by atoms with Gasteiger partial charge in [0.2, 0.25) is 0 Å². The van der Waals surface area contributed by atoms with Crippen LogP contribution in [-0.4, -0.2) is 46.1 Å². The maximum atomic E-state index is 13.4. The van der Waals surface area contributed by atoms with Crippen LogP contribution >= 0.6 is 0 Å². The van der Waals surface area contributed by atoms with Crippen LogP contribution in [0.5, 0.6) is 5.75 Å². The van der Waals surface area contributed by atoms with Gasteiger partial charge in [-0.05, 0) is 79.3 Å². The van der Waals surface area contributed by atoms with E-state index in [1.807, 2.05) is 30.3 Å². The van der Waals surface area contributed by atoms with E-state index in [0.717, 1.165) is 54.0 Å². The molecule has 0 saturated carbocycles. The van der Waals surface area contributed by atoms with E-state index < -0.39 is 18.0 Å². The molecule has 37 heavy (non-hydrogen) atoms. The molecule has 7 heteroatoms. The lowest BCUT2D eigenvalue weighted by molar-refractivity contribution is -0.128. The average molecular weight is 499 g/mol. The summed E-state index contributed by atoms with van der Waals surface area (Å²) in [5, 5.41) is 10.6. The van der Waals surface area contributed by atoms with E-state index >= 15 is 0 Å². The van der Waals surface area contributed by atoms with Crippen molar-refractivity contribution in [2.75, 3.05) is 13.1 Å². The zero-order chi connectivity index (χ0) is 25.9. The van der Waals surface area contributed by atoms with Crippen molar-refractivity contribution in [2.45, 2.75) is 31.6 Å². The standard InChI is InChI=1S/C30H30N2O5/c1-3-20-17-32-14-12-22(20)16-27(32)29(24-11-13-31-26-10-5-19(18-33)15-25(24)26)37-30(35)21-6-8-23(9-7-21)36-28(34)4-2/h3-11,13,15,20,22,27,29,33H,1-2,12,14,16-18H2/t20-,22?,27-,29?/m0/s1. The van der Waals surface area contributed by atoms with Crippen molar-refractivity contribution in [3.8, 4) is 5.75 Å². The van der Waals surface area contributed by atoms with Crippen molar-refractivity contribution in [1.82, 2.24) is 9.88 Å². The molecule has 3 aliphatic heterocycles. The Kier molecular flexibility index (Phi) is 7.17. The largest absolute Gasteiger partial charge is 0.452 e. The van der Waals surface area contributed by atoms with Crippen LogP contribution in [0.3, 0.4) is 0 Å². The molecule has 3 aliphatic rings. The molecule has 4 heterocycles. The topological polar surface area (TPSA) is 89.0 Å². The van der Waals surface area contributed by atoms with E-state index in [9.17, 15) is 14.7 Å². The quantitative estimate of drug-likeness (QED) is 0.210. The van der Waals surface area contributed by atoms with E-state index in [2.05, 4.69) is 23.0 Å². The van der Waals surface area contributed by atoms with Gasteiger partial charge < -0.3 is 14.6 Å². The number of hydrogen-bond donors (Lipinski definition) is 1. The number of nitrogens with zero attached hydrogens (tertiary/aromatic N) is 2. The van der Waals surface area contributed by atoms with Gasteiger partial charge in [-0.25, -0.2) is 9.59 Å². The summed E-state index contributed by atoms with van der Waals surface area (Å²) in [6.07, 6.45) is 6.34. The minimum atomic E-state index is -0.568. The Morgan fingerprint density at radius 1 is 1.16 bits per heavy atom. The summed E-state index contributed by atoms with van der Waals surface area (Å²) in [7, 11) is 0. The monoisotopic (exact) mass is 498 g/mol. The molecule has 0 radical (unpaired) electrons. The molecule has 3 unspecified atom stereocenters. The first-order valence-corrected chi connectivity index (χ1v) is 12.5. The van der Waals surface area contributed by atoms with Gasteiger partial charge in [0.25, 0.3) is 0 Å². The predicted octanol–water partition coefficient (Wildman–Crippen LogP) is 4.61. The number of rotatable bonds is 8. The Labute approximate surface area is 216 Å². The maximum absolute atomic E-state index is 13.4. The fourth-order valence-corrected chi connectivity index (χ4v) is 5.60. The van der Waals surface area contributed by atoms with Gasteiger partial charge in [0.15, 0.2) is 0 Å². The highest BCUT2D eigenvalue weighted by Crippen LogP contribution is 2.43. The summed E-state index contributed by atoms with van der Waals surface area (Å²) in [4.78, 5) is 31.8. The number of carbonyl (C=O) groups is 2. The predicted molar refractivity (Wildman–Crippen MR) is 140 cm³/mol. The Hall–Kier alpha value is -3.81. The summed E-state index contributed by atoms with van der Waals surface area (Å²) >= 11 is 0. The normalized spacial score (nSPS) is 23.3. The number of fused-ring (bicyclic) bond motifs is 4. The van der Waals surface area contributed by atoms with E-state index in [4.69, 9.17) is 9.47 Å². The van der Waals surface area contributed by atoms with Crippen molar-refractivity contribution in [3.05, 3.63) is 96.7 Å². The number of esters is 2. The van der Waals surface area contributed by atoms with Gasteiger partial charge in [-0.15, -0.1) is 6.58 Å². The minimum absolute atomic E-state index is 0.00935. The molecule has 3 saturated heterocycles. The third kappa shape index (κ3) is 5.05. The lowest BCUT2D eigenvalue weighted by Crippen LogP contribution is -2.55. The second-order valence-electron chi connectivity index (χ2n) is 9.63. The van der Waals surface area contributed by atoms with Gasteiger partial charge in [0.1, 0.15) is 11.9 Å².